The molecule has 2 N–H and O–H groups in total. The van der Waals surface area contributed by atoms with Gasteiger partial charge in [0, 0.05) is 23.5 Å². The molecular weight excluding hydrogens is 232 g/mol. The molecular formula is C13H14N2O3. The Morgan fingerprint density at radius 2 is 2.28 bits per heavy atom. The van der Waals surface area contributed by atoms with Crippen molar-refractivity contribution in [3.8, 4) is 5.75 Å². The van der Waals surface area contributed by atoms with Gasteiger partial charge in [0.05, 0.1) is 24.5 Å². The maximum Gasteiger partial charge on any atom is 0.166 e. The lowest BCUT2D eigenvalue weighted by molar-refractivity contribution is 0.111. The molecule has 0 bridgehead atoms. The van der Waals surface area contributed by atoms with Crippen LogP contribution in [0.25, 0.3) is 0 Å². The number of pyridine rings is 1. The molecule has 2 rings (SSSR count). The number of aromatic nitrogens is 2. The number of aliphatic hydroxyl groups is 1. The number of rotatable bonds is 4. The Labute approximate surface area is 104 Å². The first-order valence-electron chi connectivity index (χ1n) is 5.55. The third-order valence-electron chi connectivity index (χ3n) is 2.91. The second-order valence-electron chi connectivity index (χ2n) is 4.03. The first-order chi connectivity index (χ1) is 8.67. The highest BCUT2D eigenvalue weighted by Crippen LogP contribution is 2.25. The van der Waals surface area contributed by atoms with E-state index >= 15 is 0 Å². The fourth-order valence-corrected chi connectivity index (χ4v) is 1.85. The Morgan fingerprint density at radius 1 is 1.50 bits per heavy atom. The van der Waals surface area contributed by atoms with Gasteiger partial charge in [-0.25, -0.2) is 0 Å². The summed E-state index contributed by atoms with van der Waals surface area (Å²) < 4.78 is 1.71. The molecule has 5 heteroatoms. The summed E-state index contributed by atoms with van der Waals surface area (Å²) in [5, 5.41) is 19.3. The third-order valence-corrected chi connectivity index (χ3v) is 2.91. The van der Waals surface area contributed by atoms with Crippen molar-refractivity contribution in [2.45, 2.75) is 20.1 Å². The number of aliphatic hydroxyl groups excluding tert-OH is 1. The monoisotopic (exact) mass is 246 g/mol. The van der Waals surface area contributed by atoms with Gasteiger partial charge in [-0.15, -0.1) is 0 Å². The number of carbonyl (C=O) groups excluding carboxylic acids is 1. The van der Waals surface area contributed by atoms with Crippen LogP contribution in [0.3, 0.4) is 0 Å². The van der Waals surface area contributed by atoms with Gasteiger partial charge in [-0.1, -0.05) is 0 Å². The second kappa shape index (κ2) is 5.01. The molecule has 0 spiro atoms. The summed E-state index contributed by atoms with van der Waals surface area (Å²) in [6, 6.07) is 3.45. The molecule has 0 aliphatic carbocycles. The number of hydrogen-bond donors (Lipinski definition) is 2. The van der Waals surface area contributed by atoms with E-state index in [9.17, 15) is 15.0 Å². The van der Waals surface area contributed by atoms with Crippen LogP contribution in [0.4, 0.5) is 0 Å². The van der Waals surface area contributed by atoms with Crippen LogP contribution in [-0.4, -0.2) is 26.1 Å². The predicted molar refractivity (Wildman–Crippen MR) is 65.5 cm³/mol. The smallest absolute Gasteiger partial charge is 0.166 e. The van der Waals surface area contributed by atoms with E-state index < -0.39 is 0 Å². The van der Waals surface area contributed by atoms with E-state index in [2.05, 4.69) is 4.98 Å². The average Bonchev–Trinajstić information content (AvgIpc) is 2.82. The minimum atomic E-state index is -0.201. The van der Waals surface area contributed by atoms with E-state index in [0.29, 0.717) is 29.1 Å². The van der Waals surface area contributed by atoms with Crippen LogP contribution in [0.2, 0.25) is 0 Å². The number of aryl methyl sites for hydroxylation is 1. The summed E-state index contributed by atoms with van der Waals surface area (Å²) in [5.74, 6) is 0.0621. The van der Waals surface area contributed by atoms with Crippen molar-refractivity contribution in [2.24, 2.45) is 0 Å². The molecule has 0 aliphatic heterocycles. The zero-order chi connectivity index (χ0) is 13.1. The quantitative estimate of drug-likeness (QED) is 0.796. The van der Waals surface area contributed by atoms with Gasteiger partial charge in [-0.2, -0.15) is 0 Å². The Kier molecular flexibility index (Phi) is 3.43. The third kappa shape index (κ3) is 2.12. The predicted octanol–water partition coefficient (Wildman–Crippen LogP) is 1.25. The normalized spacial score (nSPS) is 10.6. The molecule has 18 heavy (non-hydrogen) atoms. The van der Waals surface area contributed by atoms with E-state index in [1.165, 1.54) is 6.20 Å². The Morgan fingerprint density at radius 3 is 2.94 bits per heavy atom. The van der Waals surface area contributed by atoms with Crippen molar-refractivity contribution in [3.63, 3.8) is 0 Å². The molecule has 2 heterocycles. The Balaban J connectivity index is 2.45. The van der Waals surface area contributed by atoms with E-state index in [-0.39, 0.29) is 12.4 Å². The van der Waals surface area contributed by atoms with Crippen LogP contribution in [0.15, 0.2) is 24.5 Å². The van der Waals surface area contributed by atoms with Gasteiger partial charge in [0.15, 0.2) is 6.29 Å². The molecule has 0 aliphatic rings. The zero-order valence-electron chi connectivity index (χ0n) is 10.00. The van der Waals surface area contributed by atoms with Crippen molar-refractivity contribution in [3.05, 3.63) is 47.0 Å². The van der Waals surface area contributed by atoms with Crippen LogP contribution in [0.1, 0.15) is 27.3 Å². The van der Waals surface area contributed by atoms with E-state index in [1.54, 1.807) is 29.8 Å². The number of nitrogens with zero attached hydrogens (tertiary/aromatic N) is 2. The summed E-state index contributed by atoms with van der Waals surface area (Å²) in [5.41, 5.74) is 2.17. The molecule has 0 aromatic carbocycles. The topological polar surface area (TPSA) is 75.4 Å². The van der Waals surface area contributed by atoms with E-state index in [4.69, 9.17) is 0 Å². The molecule has 0 atom stereocenters. The molecule has 0 saturated heterocycles. The average molecular weight is 246 g/mol. The van der Waals surface area contributed by atoms with Crippen molar-refractivity contribution >= 4 is 6.29 Å². The second-order valence-corrected chi connectivity index (χ2v) is 4.03. The largest absolute Gasteiger partial charge is 0.506 e. The lowest BCUT2D eigenvalue weighted by Gasteiger charge is -2.13. The Hall–Kier alpha value is -2.14. The highest BCUT2D eigenvalue weighted by atomic mass is 16.3. The number of carbonyl (C=O) groups is 1. The zero-order valence-corrected chi connectivity index (χ0v) is 10.00. The van der Waals surface area contributed by atoms with Gasteiger partial charge in [0.25, 0.3) is 0 Å². The minimum Gasteiger partial charge on any atom is -0.506 e. The van der Waals surface area contributed by atoms with E-state index in [0.717, 1.165) is 6.29 Å². The first kappa shape index (κ1) is 12.3. The lowest BCUT2D eigenvalue weighted by Crippen LogP contribution is -2.07. The van der Waals surface area contributed by atoms with Gasteiger partial charge in [0.1, 0.15) is 5.75 Å². The van der Waals surface area contributed by atoms with E-state index in [1.807, 2.05) is 0 Å². The van der Waals surface area contributed by atoms with Crippen LogP contribution in [-0.2, 0) is 13.2 Å². The maximum atomic E-state index is 10.8. The molecule has 0 radical (unpaired) electrons. The summed E-state index contributed by atoms with van der Waals surface area (Å²) in [7, 11) is 0. The van der Waals surface area contributed by atoms with Crippen LogP contribution in [0.5, 0.6) is 5.75 Å². The standard InChI is InChI=1S/C13H14N2O3/c1-9-13(18)12(10(7-16)5-14-9)6-15-4-2-3-11(15)8-17/h2-5,8,16,18H,6-7H2,1H3. The fraction of sp³-hybridized carbons (Fsp3) is 0.231. The van der Waals surface area contributed by atoms with Crippen molar-refractivity contribution in [2.75, 3.05) is 0 Å². The van der Waals surface area contributed by atoms with Gasteiger partial charge < -0.3 is 14.8 Å². The summed E-state index contributed by atoms with van der Waals surface area (Å²) in [6.07, 6.45) is 4.04. The molecule has 0 unspecified atom stereocenters. The van der Waals surface area contributed by atoms with Gasteiger partial charge in [-0.05, 0) is 19.1 Å². The summed E-state index contributed by atoms with van der Waals surface area (Å²) in [6.45, 7) is 1.82. The van der Waals surface area contributed by atoms with Crippen molar-refractivity contribution < 1.29 is 15.0 Å². The molecule has 2 aromatic rings. The SMILES string of the molecule is Cc1ncc(CO)c(Cn2cccc2C=O)c1O. The number of aldehydes is 1. The van der Waals surface area contributed by atoms with Crippen LogP contribution in [0, 0.1) is 6.92 Å². The number of aromatic hydroxyl groups is 1. The number of hydrogen-bond acceptors (Lipinski definition) is 4. The molecule has 0 saturated carbocycles. The minimum absolute atomic E-state index is 0.0621. The summed E-state index contributed by atoms with van der Waals surface area (Å²) in [4.78, 5) is 14.8. The van der Waals surface area contributed by atoms with Gasteiger partial charge in [0.2, 0.25) is 0 Å². The van der Waals surface area contributed by atoms with Gasteiger partial charge in [-0.3, -0.25) is 9.78 Å². The molecule has 0 amide bonds. The van der Waals surface area contributed by atoms with Crippen molar-refractivity contribution in [1.29, 1.82) is 0 Å². The lowest BCUT2D eigenvalue weighted by atomic mass is 10.1. The maximum absolute atomic E-state index is 10.8. The van der Waals surface area contributed by atoms with Crippen LogP contribution >= 0.6 is 0 Å². The molecule has 94 valence electrons. The molecule has 2 aromatic heterocycles. The van der Waals surface area contributed by atoms with Crippen LogP contribution < -0.4 is 0 Å². The highest BCUT2D eigenvalue weighted by Gasteiger charge is 2.12. The highest BCUT2D eigenvalue weighted by molar-refractivity contribution is 5.72. The Bertz CT molecular complexity index is 576. The molecule has 5 nitrogen and oxygen atoms in total. The first-order valence-corrected chi connectivity index (χ1v) is 5.55. The molecule has 0 fully saturated rings. The van der Waals surface area contributed by atoms with Crippen molar-refractivity contribution in [1.82, 2.24) is 9.55 Å². The summed E-state index contributed by atoms with van der Waals surface area (Å²) >= 11 is 0. The van der Waals surface area contributed by atoms with Gasteiger partial charge >= 0.3 is 0 Å². The fourth-order valence-electron chi connectivity index (χ4n) is 1.85.